The second kappa shape index (κ2) is 6.61. The number of fused-ring (bicyclic) bond motifs is 1. The molecular weight excluding hydrogens is 373 g/mol. The van der Waals surface area contributed by atoms with Gasteiger partial charge in [-0.05, 0) is 37.8 Å². The molecule has 142 valence electrons. The van der Waals surface area contributed by atoms with Crippen molar-refractivity contribution in [2.75, 3.05) is 5.32 Å². The van der Waals surface area contributed by atoms with E-state index in [0.29, 0.717) is 24.2 Å². The molecule has 27 heavy (non-hydrogen) atoms. The third-order valence-electron chi connectivity index (χ3n) is 5.22. The van der Waals surface area contributed by atoms with E-state index in [1.807, 2.05) is 6.07 Å². The van der Waals surface area contributed by atoms with E-state index in [0.717, 1.165) is 24.8 Å². The van der Waals surface area contributed by atoms with Gasteiger partial charge in [-0.3, -0.25) is 9.13 Å². The number of benzene rings is 1. The standard InChI is InChI=1S/C18H19ClFN5O2/c1-24-13-5-2-4-12(22-15-11(19)10-21-16(20)23-15)14(13)25(17(24)26)9-8-18(27)6-3-7-18/h2,4-5,10,27H,3,6-9H2,1H3,(H,21,22,23). The Hall–Kier alpha value is -2.45. The molecule has 0 saturated heterocycles. The van der Waals surface area contributed by atoms with Gasteiger partial charge in [-0.1, -0.05) is 17.7 Å². The number of aliphatic hydroxyl groups is 1. The highest BCUT2D eigenvalue weighted by Crippen LogP contribution is 2.35. The molecular formula is C18H19ClFN5O2. The minimum absolute atomic E-state index is 0.122. The highest BCUT2D eigenvalue weighted by molar-refractivity contribution is 6.32. The van der Waals surface area contributed by atoms with E-state index < -0.39 is 11.7 Å². The van der Waals surface area contributed by atoms with Gasteiger partial charge < -0.3 is 10.4 Å². The number of para-hydroxylation sites is 1. The van der Waals surface area contributed by atoms with Crippen molar-refractivity contribution in [1.29, 1.82) is 0 Å². The van der Waals surface area contributed by atoms with E-state index in [4.69, 9.17) is 11.6 Å². The van der Waals surface area contributed by atoms with Crippen LogP contribution in [0.25, 0.3) is 11.0 Å². The molecule has 1 aliphatic carbocycles. The molecule has 0 radical (unpaired) electrons. The van der Waals surface area contributed by atoms with Crippen molar-refractivity contribution < 1.29 is 9.50 Å². The summed E-state index contributed by atoms with van der Waals surface area (Å²) in [6.07, 6.45) is 3.30. The first-order valence-electron chi connectivity index (χ1n) is 8.74. The summed E-state index contributed by atoms with van der Waals surface area (Å²) >= 11 is 6.06. The molecule has 1 saturated carbocycles. The van der Waals surface area contributed by atoms with Crippen LogP contribution in [0.1, 0.15) is 25.7 Å². The molecule has 1 aromatic carbocycles. The number of imidazole rings is 1. The molecule has 3 aromatic rings. The maximum atomic E-state index is 13.4. The first-order valence-corrected chi connectivity index (χ1v) is 9.11. The minimum Gasteiger partial charge on any atom is -0.390 e. The van der Waals surface area contributed by atoms with Crippen LogP contribution < -0.4 is 11.0 Å². The Morgan fingerprint density at radius 1 is 1.41 bits per heavy atom. The molecule has 2 heterocycles. The second-order valence-electron chi connectivity index (χ2n) is 6.96. The van der Waals surface area contributed by atoms with Crippen LogP contribution in [0.4, 0.5) is 15.9 Å². The van der Waals surface area contributed by atoms with E-state index in [1.54, 1.807) is 28.3 Å². The van der Waals surface area contributed by atoms with Gasteiger partial charge in [0, 0.05) is 13.6 Å². The third kappa shape index (κ3) is 3.19. The first-order chi connectivity index (χ1) is 12.9. The van der Waals surface area contributed by atoms with E-state index in [9.17, 15) is 14.3 Å². The number of rotatable bonds is 5. The largest absolute Gasteiger partial charge is 0.390 e. The average molecular weight is 392 g/mol. The third-order valence-corrected chi connectivity index (χ3v) is 5.49. The Labute approximate surface area is 159 Å². The second-order valence-corrected chi connectivity index (χ2v) is 7.36. The summed E-state index contributed by atoms with van der Waals surface area (Å²) < 4.78 is 16.6. The van der Waals surface area contributed by atoms with Crippen LogP contribution in [0.15, 0.2) is 29.2 Å². The summed E-state index contributed by atoms with van der Waals surface area (Å²) in [5.74, 6) is 0.122. The van der Waals surface area contributed by atoms with E-state index >= 15 is 0 Å². The predicted octanol–water partition coefficient (Wildman–Crippen LogP) is 2.97. The Bertz CT molecular complexity index is 1070. The lowest BCUT2D eigenvalue weighted by molar-refractivity contribution is -0.0432. The lowest BCUT2D eigenvalue weighted by atomic mass is 9.78. The fraction of sp³-hybridized carbons (Fsp3) is 0.389. The van der Waals surface area contributed by atoms with Gasteiger partial charge in [-0.15, -0.1) is 0 Å². The monoisotopic (exact) mass is 391 g/mol. The van der Waals surface area contributed by atoms with Gasteiger partial charge in [-0.25, -0.2) is 9.78 Å². The summed E-state index contributed by atoms with van der Waals surface area (Å²) in [6, 6.07) is 5.39. The molecule has 0 bridgehead atoms. The van der Waals surface area contributed by atoms with Crippen molar-refractivity contribution in [3.8, 4) is 0 Å². The van der Waals surface area contributed by atoms with Gasteiger partial charge in [0.1, 0.15) is 5.02 Å². The van der Waals surface area contributed by atoms with Gasteiger partial charge in [-0.2, -0.15) is 9.37 Å². The molecule has 0 atom stereocenters. The lowest BCUT2D eigenvalue weighted by Gasteiger charge is -2.36. The number of hydrogen-bond donors (Lipinski definition) is 2. The highest BCUT2D eigenvalue weighted by Gasteiger charge is 2.34. The highest BCUT2D eigenvalue weighted by atomic mass is 35.5. The zero-order valence-electron chi connectivity index (χ0n) is 14.7. The molecule has 0 unspecified atom stereocenters. The van der Waals surface area contributed by atoms with Crippen LogP contribution in [-0.4, -0.2) is 29.8 Å². The van der Waals surface area contributed by atoms with Crippen LogP contribution in [0.5, 0.6) is 0 Å². The fourth-order valence-corrected chi connectivity index (χ4v) is 3.63. The molecule has 1 aliphatic rings. The molecule has 0 aliphatic heterocycles. The SMILES string of the molecule is Cn1c(=O)n(CCC2(O)CCC2)c2c(Nc3nc(F)ncc3Cl)cccc21. The fourth-order valence-electron chi connectivity index (χ4n) is 3.49. The Kier molecular flexibility index (Phi) is 4.39. The van der Waals surface area contributed by atoms with Crippen molar-refractivity contribution >= 4 is 34.1 Å². The Balaban J connectivity index is 1.77. The van der Waals surface area contributed by atoms with E-state index in [-0.39, 0.29) is 16.5 Å². The average Bonchev–Trinajstić information content (AvgIpc) is 2.87. The minimum atomic E-state index is -0.897. The smallest absolute Gasteiger partial charge is 0.328 e. The van der Waals surface area contributed by atoms with Gasteiger partial charge in [0.05, 0.1) is 28.5 Å². The predicted molar refractivity (Wildman–Crippen MR) is 101 cm³/mol. The molecule has 2 N–H and O–H groups in total. The molecule has 4 rings (SSSR count). The Morgan fingerprint density at radius 2 is 2.19 bits per heavy atom. The quantitative estimate of drug-likeness (QED) is 0.653. The molecule has 0 amide bonds. The molecule has 9 heteroatoms. The van der Waals surface area contributed by atoms with Crippen LogP contribution in [0, 0.1) is 6.08 Å². The van der Waals surface area contributed by atoms with Crippen LogP contribution in [0.2, 0.25) is 5.02 Å². The number of hydrogen-bond acceptors (Lipinski definition) is 5. The van der Waals surface area contributed by atoms with Crippen LogP contribution >= 0.6 is 11.6 Å². The lowest BCUT2D eigenvalue weighted by Crippen LogP contribution is -2.38. The Morgan fingerprint density at radius 3 is 2.89 bits per heavy atom. The van der Waals surface area contributed by atoms with Gasteiger partial charge >= 0.3 is 11.8 Å². The maximum Gasteiger partial charge on any atom is 0.328 e. The van der Waals surface area contributed by atoms with E-state index in [1.165, 1.54) is 6.20 Å². The number of nitrogens with zero attached hydrogens (tertiary/aromatic N) is 4. The zero-order chi connectivity index (χ0) is 19.2. The van der Waals surface area contributed by atoms with Crippen LogP contribution in [0.3, 0.4) is 0 Å². The summed E-state index contributed by atoms with van der Waals surface area (Å²) in [5.41, 5.74) is 1.08. The number of aryl methyl sites for hydroxylation is 2. The van der Waals surface area contributed by atoms with Gasteiger partial charge in [0.15, 0.2) is 5.82 Å². The maximum absolute atomic E-state index is 13.4. The van der Waals surface area contributed by atoms with E-state index in [2.05, 4.69) is 15.3 Å². The molecule has 0 spiro atoms. The summed E-state index contributed by atoms with van der Waals surface area (Å²) in [5, 5.41) is 13.6. The number of aromatic nitrogens is 4. The summed E-state index contributed by atoms with van der Waals surface area (Å²) in [6.45, 7) is 0.386. The summed E-state index contributed by atoms with van der Waals surface area (Å²) in [7, 11) is 1.69. The molecule has 1 fully saturated rings. The number of halogens is 2. The van der Waals surface area contributed by atoms with Crippen molar-refractivity contribution in [2.24, 2.45) is 7.05 Å². The zero-order valence-corrected chi connectivity index (χ0v) is 15.5. The van der Waals surface area contributed by atoms with Crippen LogP contribution in [-0.2, 0) is 13.6 Å². The van der Waals surface area contributed by atoms with Crippen molar-refractivity contribution in [1.82, 2.24) is 19.1 Å². The van der Waals surface area contributed by atoms with Crippen molar-refractivity contribution in [3.63, 3.8) is 0 Å². The number of anilines is 2. The normalized spacial score (nSPS) is 15.7. The van der Waals surface area contributed by atoms with Gasteiger partial charge in [0.2, 0.25) is 0 Å². The van der Waals surface area contributed by atoms with Crippen molar-refractivity contribution in [2.45, 2.75) is 37.8 Å². The topological polar surface area (TPSA) is 85.0 Å². The summed E-state index contributed by atoms with van der Waals surface area (Å²) in [4.78, 5) is 19.8. The molecule has 2 aromatic heterocycles. The molecule has 7 nitrogen and oxygen atoms in total. The van der Waals surface area contributed by atoms with Crippen molar-refractivity contribution in [3.05, 3.63) is 46.0 Å². The first kappa shape index (κ1) is 17.9. The number of nitrogens with one attached hydrogen (secondary N) is 1. The van der Waals surface area contributed by atoms with Gasteiger partial charge in [0.25, 0.3) is 0 Å².